The molecule has 2 saturated heterocycles. The number of amides is 2. The highest BCUT2D eigenvalue weighted by atomic mass is 32.1. The summed E-state index contributed by atoms with van der Waals surface area (Å²) in [6, 6.07) is 5.27. The van der Waals surface area contributed by atoms with Crippen molar-refractivity contribution in [1.29, 1.82) is 0 Å². The van der Waals surface area contributed by atoms with E-state index in [9.17, 15) is 14.0 Å². The number of anilines is 1. The molecule has 4 rings (SSSR count). The van der Waals surface area contributed by atoms with Crippen LogP contribution in [-0.2, 0) is 20.7 Å². The molecule has 1 aromatic carbocycles. The Morgan fingerprint density at radius 3 is 2.54 bits per heavy atom. The maximum absolute atomic E-state index is 12.9. The fourth-order valence-corrected chi connectivity index (χ4v) is 4.07. The lowest BCUT2D eigenvalue weighted by Gasteiger charge is -2.37. The Morgan fingerprint density at radius 1 is 1.18 bits per heavy atom. The summed E-state index contributed by atoms with van der Waals surface area (Å²) in [5, 5.41) is 4.83. The van der Waals surface area contributed by atoms with Crippen molar-refractivity contribution in [2.75, 3.05) is 31.6 Å². The van der Waals surface area contributed by atoms with Gasteiger partial charge in [0.2, 0.25) is 5.91 Å². The number of piperidine rings is 1. The third-order valence-electron chi connectivity index (χ3n) is 4.90. The summed E-state index contributed by atoms with van der Waals surface area (Å²) in [6.45, 7) is 2.41. The SMILES string of the molecule is O=C(Nc1nc(CC(=O)N2CCC3(CC2)OCCO3)cs1)c1ccc(F)cc1. The molecule has 28 heavy (non-hydrogen) atoms. The molecule has 1 N–H and O–H groups in total. The maximum atomic E-state index is 12.9. The van der Waals surface area contributed by atoms with Crippen LogP contribution in [0.25, 0.3) is 0 Å². The minimum absolute atomic E-state index is 0.00504. The second kappa shape index (κ2) is 7.94. The van der Waals surface area contributed by atoms with Crippen molar-refractivity contribution in [3.63, 3.8) is 0 Å². The van der Waals surface area contributed by atoms with E-state index in [1.165, 1.54) is 35.6 Å². The third kappa shape index (κ3) is 4.21. The van der Waals surface area contributed by atoms with E-state index >= 15 is 0 Å². The van der Waals surface area contributed by atoms with Gasteiger partial charge >= 0.3 is 0 Å². The van der Waals surface area contributed by atoms with Crippen LogP contribution in [0.2, 0.25) is 0 Å². The minimum atomic E-state index is -0.505. The second-order valence-electron chi connectivity index (χ2n) is 6.77. The van der Waals surface area contributed by atoms with Gasteiger partial charge in [-0.2, -0.15) is 0 Å². The zero-order valence-electron chi connectivity index (χ0n) is 15.2. The highest BCUT2D eigenvalue weighted by Gasteiger charge is 2.40. The molecule has 148 valence electrons. The zero-order chi connectivity index (χ0) is 19.6. The monoisotopic (exact) mass is 405 g/mol. The van der Waals surface area contributed by atoms with Gasteiger partial charge < -0.3 is 14.4 Å². The smallest absolute Gasteiger partial charge is 0.257 e. The van der Waals surface area contributed by atoms with Crippen molar-refractivity contribution in [2.45, 2.75) is 25.0 Å². The van der Waals surface area contributed by atoms with Crippen LogP contribution in [0.1, 0.15) is 28.9 Å². The largest absolute Gasteiger partial charge is 0.347 e. The van der Waals surface area contributed by atoms with Gasteiger partial charge in [0.15, 0.2) is 10.9 Å². The number of halogens is 1. The van der Waals surface area contributed by atoms with Crippen molar-refractivity contribution in [1.82, 2.24) is 9.88 Å². The average Bonchev–Trinajstić information content (AvgIpc) is 3.32. The molecule has 2 aromatic rings. The van der Waals surface area contributed by atoms with E-state index in [-0.39, 0.29) is 18.2 Å². The lowest BCUT2D eigenvalue weighted by Crippen LogP contribution is -2.47. The predicted molar refractivity (Wildman–Crippen MR) is 101 cm³/mol. The summed E-state index contributed by atoms with van der Waals surface area (Å²) in [4.78, 5) is 30.8. The normalized spacial score (nSPS) is 18.4. The number of hydrogen-bond acceptors (Lipinski definition) is 6. The van der Waals surface area contributed by atoms with E-state index in [0.29, 0.717) is 55.5 Å². The number of aromatic nitrogens is 1. The number of nitrogens with one attached hydrogen (secondary N) is 1. The van der Waals surface area contributed by atoms with E-state index in [2.05, 4.69) is 10.3 Å². The van der Waals surface area contributed by atoms with Crippen LogP contribution < -0.4 is 5.32 Å². The first kappa shape index (κ1) is 19.0. The second-order valence-corrected chi connectivity index (χ2v) is 7.63. The summed E-state index contributed by atoms with van der Waals surface area (Å²) in [5.41, 5.74) is 0.950. The van der Waals surface area contributed by atoms with Gasteiger partial charge in [-0.25, -0.2) is 9.37 Å². The molecule has 9 heteroatoms. The van der Waals surface area contributed by atoms with Crippen molar-refractivity contribution in [3.05, 3.63) is 46.7 Å². The van der Waals surface area contributed by atoms with Gasteiger partial charge in [0.05, 0.1) is 25.3 Å². The predicted octanol–water partition coefficient (Wildman–Crippen LogP) is 2.44. The quantitative estimate of drug-likeness (QED) is 0.845. The van der Waals surface area contributed by atoms with Gasteiger partial charge in [-0.3, -0.25) is 14.9 Å². The van der Waals surface area contributed by atoms with Crippen LogP contribution in [0.3, 0.4) is 0 Å². The Bertz CT molecular complexity index is 854. The summed E-state index contributed by atoms with van der Waals surface area (Å²) in [5.74, 6) is -1.28. The highest BCUT2D eigenvalue weighted by molar-refractivity contribution is 7.14. The number of likely N-dealkylation sites (tertiary alicyclic amines) is 1. The summed E-state index contributed by atoms with van der Waals surface area (Å²) >= 11 is 1.25. The van der Waals surface area contributed by atoms with Crippen LogP contribution in [0.4, 0.5) is 9.52 Å². The number of benzene rings is 1. The van der Waals surface area contributed by atoms with Crippen molar-refractivity contribution in [3.8, 4) is 0 Å². The topological polar surface area (TPSA) is 80.8 Å². The summed E-state index contributed by atoms with van der Waals surface area (Å²) < 4.78 is 24.3. The maximum Gasteiger partial charge on any atom is 0.257 e. The molecule has 2 fully saturated rings. The van der Waals surface area contributed by atoms with E-state index in [4.69, 9.17) is 9.47 Å². The highest BCUT2D eigenvalue weighted by Crippen LogP contribution is 2.31. The first-order valence-corrected chi connectivity index (χ1v) is 9.98. The molecule has 2 aliphatic rings. The molecule has 0 bridgehead atoms. The Hall–Kier alpha value is -2.36. The number of hydrogen-bond donors (Lipinski definition) is 1. The molecule has 0 radical (unpaired) electrons. The van der Waals surface area contributed by atoms with Crippen LogP contribution in [0, 0.1) is 5.82 Å². The molecule has 0 aliphatic carbocycles. The molecule has 0 saturated carbocycles. The molecular formula is C19H20FN3O4S. The average molecular weight is 405 g/mol. The first-order valence-electron chi connectivity index (χ1n) is 9.10. The van der Waals surface area contributed by atoms with Crippen LogP contribution in [-0.4, -0.2) is 53.8 Å². The third-order valence-corrected chi connectivity index (χ3v) is 5.71. The number of ether oxygens (including phenoxy) is 2. The van der Waals surface area contributed by atoms with Crippen molar-refractivity contribution >= 4 is 28.3 Å². The van der Waals surface area contributed by atoms with E-state index in [1.807, 2.05) is 0 Å². The van der Waals surface area contributed by atoms with Crippen LogP contribution in [0.5, 0.6) is 0 Å². The molecule has 0 unspecified atom stereocenters. The summed E-state index contributed by atoms with van der Waals surface area (Å²) in [7, 11) is 0. The number of carbonyl (C=O) groups is 2. The van der Waals surface area contributed by atoms with Gasteiger partial charge in [-0.1, -0.05) is 0 Å². The molecule has 0 atom stereocenters. The fourth-order valence-electron chi connectivity index (χ4n) is 3.37. The fraction of sp³-hybridized carbons (Fsp3) is 0.421. The number of carbonyl (C=O) groups excluding carboxylic acids is 2. The molecule has 3 heterocycles. The standard InChI is InChI=1S/C19H20FN3O4S/c20-14-3-1-13(2-4-14)17(25)22-18-21-15(12-28-18)11-16(24)23-7-5-19(6-8-23)26-9-10-27-19/h1-4,12H,5-11H2,(H,21,22,25). The number of rotatable bonds is 4. The molecule has 2 aliphatic heterocycles. The van der Waals surface area contributed by atoms with Gasteiger partial charge in [-0.05, 0) is 24.3 Å². The zero-order valence-corrected chi connectivity index (χ0v) is 16.0. The molecule has 2 amide bonds. The summed E-state index contributed by atoms with van der Waals surface area (Å²) in [6.07, 6.45) is 1.53. The lowest BCUT2D eigenvalue weighted by molar-refractivity contribution is -0.187. The Balaban J connectivity index is 1.30. The van der Waals surface area contributed by atoms with Gasteiger partial charge in [0, 0.05) is 36.9 Å². The van der Waals surface area contributed by atoms with E-state index < -0.39 is 11.6 Å². The van der Waals surface area contributed by atoms with Crippen LogP contribution >= 0.6 is 11.3 Å². The van der Waals surface area contributed by atoms with Crippen molar-refractivity contribution < 1.29 is 23.5 Å². The lowest BCUT2D eigenvalue weighted by atomic mass is 10.0. The van der Waals surface area contributed by atoms with Gasteiger partial charge in [0.1, 0.15) is 5.82 Å². The molecule has 1 aromatic heterocycles. The molecule has 1 spiro atoms. The minimum Gasteiger partial charge on any atom is -0.347 e. The molecule has 7 nitrogen and oxygen atoms in total. The number of nitrogens with zero attached hydrogens (tertiary/aromatic N) is 2. The number of thiazole rings is 1. The Kier molecular flexibility index (Phi) is 5.38. The van der Waals surface area contributed by atoms with Crippen LogP contribution in [0.15, 0.2) is 29.6 Å². The van der Waals surface area contributed by atoms with Gasteiger partial charge in [-0.15, -0.1) is 11.3 Å². The van der Waals surface area contributed by atoms with E-state index in [1.54, 1.807) is 10.3 Å². The Morgan fingerprint density at radius 2 is 1.86 bits per heavy atom. The van der Waals surface area contributed by atoms with Gasteiger partial charge in [0.25, 0.3) is 5.91 Å². The first-order chi connectivity index (χ1) is 13.5. The molecular weight excluding hydrogens is 385 g/mol. The van der Waals surface area contributed by atoms with Crippen molar-refractivity contribution in [2.24, 2.45) is 0 Å². The van der Waals surface area contributed by atoms with E-state index in [0.717, 1.165) is 0 Å². The Labute approximate surface area is 165 Å².